The lowest BCUT2D eigenvalue weighted by Gasteiger charge is -1.90. The average molecular weight is 198 g/mol. The smallest absolute Gasteiger partial charge is 0.309 e. The minimum Gasteiger partial charge on any atom is -0.394 e. The Kier molecular flexibility index (Phi) is 23.9. The molecule has 0 heterocycles. The van der Waals surface area contributed by atoms with Gasteiger partial charge in [0.15, 0.2) is 0 Å². The van der Waals surface area contributed by atoms with Gasteiger partial charge < -0.3 is 31.9 Å². The molecule has 2 amide bonds. The van der Waals surface area contributed by atoms with E-state index in [1.165, 1.54) is 6.92 Å². The molecule has 82 valence electrons. The van der Waals surface area contributed by atoms with E-state index >= 15 is 0 Å². The highest BCUT2D eigenvalue weighted by molar-refractivity contribution is 5.69. The van der Waals surface area contributed by atoms with Crippen LogP contribution in [-0.2, 0) is 0 Å². The Hall–Kier alpha value is -0.890. The van der Waals surface area contributed by atoms with E-state index in [1.807, 2.05) is 0 Å². The Morgan fingerprint density at radius 1 is 1.23 bits per heavy atom. The van der Waals surface area contributed by atoms with Gasteiger partial charge in [-0.1, -0.05) is 0 Å². The maximum atomic E-state index is 9.00. The molecular weight excluding hydrogens is 180 g/mol. The largest absolute Gasteiger partial charge is 0.394 e. The normalized spacial score (nSPS) is 9.92. The first-order chi connectivity index (χ1) is 5.92. The Balaban J connectivity index is -0.000000117. The molecule has 0 fully saturated rings. The van der Waals surface area contributed by atoms with Gasteiger partial charge in [0.2, 0.25) is 0 Å². The first-order valence-electron chi connectivity index (χ1n) is 3.47. The predicted molar refractivity (Wildman–Crippen MR) is 46.7 cm³/mol. The van der Waals surface area contributed by atoms with Crippen LogP contribution in [0.5, 0.6) is 0 Å². The minimum atomic E-state index is -0.833. The number of hydrogen-bond donors (Lipinski definition) is 6. The third-order valence-electron chi connectivity index (χ3n) is 0.364. The van der Waals surface area contributed by atoms with E-state index in [2.05, 4.69) is 11.5 Å². The third-order valence-corrected chi connectivity index (χ3v) is 0.364. The van der Waals surface area contributed by atoms with Crippen LogP contribution in [0.3, 0.4) is 0 Å². The van der Waals surface area contributed by atoms with E-state index in [1.54, 1.807) is 0 Å². The van der Waals surface area contributed by atoms with E-state index in [9.17, 15) is 0 Å². The molecule has 13 heavy (non-hydrogen) atoms. The Labute approximate surface area is 76.6 Å². The van der Waals surface area contributed by atoms with Crippen LogP contribution >= 0.6 is 0 Å². The van der Waals surface area contributed by atoms with E-state index in [-0.39, 0.29) is 19.8 Å². The van der Waals surface area contributed by atoms with Crippen LogP contribution in [0.1, 0.15) is 6.92 Å². The summed E-state index contributed by atoms with van der Waals surface area (Å²) in [4.78, 5) is 9.00. The van der Waals surface area contributed by atoms with Crippen molar-refractivity contribution in [2.75, 3.05) is 19.8 Å². The number of carbonyl (C=O) groups is 1. The van der Waals surface area contributed by atoms with Crippen LogP contribution in [0.15, 0.2) is 0 Å². The Morgan fingerprint density at radius 3 is 1.38 bits per heavy atom. The molecule has 0 aromatic carbocycles. The molecule has 1 unspecified atom stereocenters. The highest BCUT2D eigenvalue weighted by Crippen LogP contribution is 1.68. The van der Waals surface area contributed by atoms with Crippen molar-refractivity contribution in [1.29, 1.82) is 0 Å². The quantitative estimate of drug-likeness (QED) is 0.286. The van der Waals surface area contributed by atoms with Gasteiger partial charge in [-0.05, 0) is 6.92 Å². The highest BCUT2D eigenvalue weighted by Gasteiger charge is 1.83. The number of rotatable bonds is 2. The summed E-state index contributed by atoms with van der Waals surface area (Å²) < 4.78 is 0. The van der Waals surface area contributed by atoms with E-state index in [0.29, 0.717) is 0 Å². The molecule has 0 rings (SSSR count). The first kappa shape index (κ1) is 18.0. The molecule has 0 saturated heterocycles. The number of primary amides is 2. The molecule has 0 saturated carbocycles. The van der Waals surface area contributed by atoms with Crippen molar-refractivity contribution < 1.29 is 25.2 Å². The van der Waals surface area contributed by atoms with Crippen LogP contribution in [0, 0.1) is 0 Å². The van der Waals surface area contributed by atoms with E-state index in [0.717, 1.165) is 0 Å². The fraction of sp³-hybridized carbons (Fsp3) is 0.833. The maximum Gasteiger partial charge on any atom is 0.309 e. The molecule has 7 nitrogen and oxygen atoms in total. The standard InChI is InChI=1S/C3H8O2.C2H6O2.CH4N2O/c1-3(5)2-4;3-1-2-4;2-1(3)4/h3-5H,2H2,1H3;3-4H,1-2H2;(H4,2,3,4). The molecule has 8 N–H and O–H groups in total. The molecule has 0 aliphatic carbocycles. The second kappa shape index (κ2) is 17.3. The molecule has 1 atom stereocenters. The number of urea groups is 1. The van der Waals surface area contributed by atoms with Gasteiger partial charge in [0.1, 0.15) is 0 Å². The van der Waals surface area contributed by atoms with Gasteiger partial charge in [0.25, 0.3) is 0 Å². The molecule has 0 aromatic heterocycles. The molecule has 7 heteroatoms. The first-order valence-corrected chi connectivity index (χ1v) is 3.47. The summed E-state index contributed by atoms with van der Waals surface area (Å²) in [5.41, 5.74) is 8.50. The number of aliphatic hydroxyl groups excluding tert-OH is 4. The van der Waals surface area contributed by atoms with Crippen molar-refractivity contribution in [2.45, 2.75) is 13.0 Å². The number of carbonyl (C=O) groups excluding carboxylic acids is 1. The van der Waals surface area contributed by atoms with Crippen LogP contribution in [0.25, 0.3) is 0 Å². The van der Waals surface area contributed by atoms with Crippen LogP contribution in [0.2, 0.25) is 0 Å². The predicted octanol–water partition coefficient (Wildman–Crippen LogP) is -2.65. The monoisotopic (exact) mass is 198 g/mol. The summed E-state index contributed by atoms with van der Waals surface area (Å²) >= 11 is 0. The zero-order chi connectivity index (χ0) is 11.3. The summed E-state index contributed by atoms with van der Waals surface area (Å²) in [5.74, 6) is 0. The second-order valence-corrected chi connectivity index (χ2v) is 1.88. The van der Waals surface area contributed by atoms with Crippen LogP contribution in [0.4, 0.5) is 4.79 Å². The summed E-state index contributed by atoms with van der Waals surface area (Å²) in [7, 11) is 0. The highest BCUT2D eigenvalue weighted by atomic mass is 16.3. The van der Waals surface area contributed by atoms with E-state index in [4.69, 9.17) is 25.2 Å². The fourth-order valence-corrected chi connectivity index (χ4v) is 0. The van der Waals surface area contributed by atoms with E-state index < -0.39 is 12.1 Å². The van der Waals surface area contributed by atoms with Gasteiger partial charge in [0.05, 0.1) is 25.9 Å². The van der Waals surface area contributed by atoms with Crippen molar-refractivity contribution in [1.82, 2.24) is 0 Å². The topological polar surface area (TPSA) is 150 Å². The van der Waals surface area contributed by atoms with Gasteiger partial charge in [-0.3, -0.25) is 0 Å². The Bertz CT molecular complexity index is 93.0. The number of nitrogens with two attached hydrogens (primary N) is 2. The summed E-state index contributed by atoms with van der Waals surface area (Å²) in [5, 5.41) is 31.3. The molecule has 0 aromatic rings. The fourth-order valence-electron chi connectivity index (χ4n) is 0. The van der Waals surface area contributed by atoms with Gasteiger partial charge in [0, 0.05) is 0 Å². The molecule has 0 aliphatic rings. The third kappa shape index (κ3) is 207. The van der Waals surface area contributed by atoms with Crippen molar-refractivity contribution in [2.24, 2.45) is 11.5 Å². The van der Waals surface area contributed by atoms with Crippen molar-refractivity contribution >= 4 is 6.03 Å². The average Bonchev–Trinajstić information content (AvgIpc) is 2.04. The van der Waals surface area contributed by atoms with Gasteiger partial charge in [-0.25, -0.2) is 4.79 Å². The molecule has 0 spiro atoms. The van der Waals surface area contributed by atoms with Crippen LogP contribution in [-0.4, -0.2) is 52.4 Å². The summed E-state index contributed by atoms with van der Waals surface area (Å²) in [6.45, 7) is 1.14. The van der Waals surface area contributed by atoms with Gasteiger partial charge in [-0.15, -0.1) is 0 Å². The number of hydrogen-bond acceptors (Lipinski definition) is 5. The molecule has 0 bridgehead atoms. The second-order valence-electron chi connectivity index (χ2n) is 1.88. The lowest BCUT2D eigenvalue weighted by atomic mass is 10.5. The lowest BCUT2D eigenvalue weighted by Crippen LogP contribution is -2.18. The summed E-state index contributed by atoms with van der Waals surface area (Å²) in [6, 6.07) is -0.833. The zero-order valence-electron chi connectivity index (χ0n) is 7.55. The zero-order valence-corrected chi connectivity index (χ0v) is 7.55. The van der Waals surface area contributed by atoms with Crippen molar-refractivity contribution in [3.63, 3.8) is 0 Å². The van der Waals surface area contributed by atoms with Crippen molar-refractivity contribution in [3.05, 3.63) is 0 Å². The molecule has 0 aliphatic heterocycles. The minimum absolute atomic E-state index is 0.125. The Morgan fingerprint density at radius 2 is 1.38 bits per heavy atom. The number of amides is 2. The van der Waals surface area contributed by atoms with Crippen LogP contribution < -0.4 is 11.5 Å². The SMILES string of the molecule is CC(O)CO.NC(N)=O.OCCO. The van der Waals surface area contributed by atoms with Gasteiger partial charge in [-0.2, -0.15) is 0 Å². The lowest BCUT2D eigenvalue weighted by molar-refractivity contribution is 0.110. The maximum absolute atomic E-state index is 9.00. The van der Waals surface area contributed by atoms with Crippen molar-refractivity contribution in [3.8, 4) is 0 Å². The molecule has 0 radical (unpaired) electrons. The molecular formula is C6H18N2O5. The van der Waals surface area contributed by atoms with Gasteiger partial charge >= 0.3 is 6.03 Å². The number of aliphatic hydroxyl groups is 4. The summed E-state index contributed by atoms with van der Waals surface area (Å²) in [6.07, 6.45) is -0.560.